The summed E-state index contributed by atoms with van der Waals surface area (Å²) < 4.78 is 6.51. The average molecular weight is 405 g/mol. The van der Waals surface area contributed by atoms with E-state index in [1.165, 1.54) is 0 Å². The van der Waals surface area contributed by atoms with Crippen LogP contribution in [-0.2, 0) is 9.53 Å². The number of benzene rings is 1. The van der Waals surface area contributed by atoms with Crippen LogP contribution < -0.4 is 16.2 Å². The Kier molecular flexibility index (Phi) is 6.21. The zero-order chi connectivity index (χ0) is 17.6. The van der Waals surface area contributed by atoms with Gasteiger partial charge in [0.05, 0.1) is 12.1 Å². The normalized spacial score (nSPS) is 26.4. The Morgan fingerprint density at radius 1 is 1.44 bits per heavy atom. The molecule has 0 saturated carbocycles. The summed E-state index contributed by atoms with van der Waals surface area (Å²) in [7, 11) is 0. The zero-order valence-corrected chi connectivity index (χ0v) is 15.4. The van der Waals surface area contributed by atoms with E-state index in [9.17, 15) is 10.1 Å². The maximum absolute atomic E-state index is 12.3. The third-order valence-corrected chi connectivity index (χ3v) is 5.04. The fraction of sp³-hybridized carbons (Fsp3) is 0.444. The highest BCUT2D eigenvalue weighted by Gasteiger charge is 2.28. The van der Waals surface area contributed by atoms with E-state index in [1.54, 1.807) is 6.08 Å². The molecule has 2 fully saturated rings. The van der Waals surface area contributed by atoms with Gasteiger partial charge in [0.15, 0.2) is 0 Å². The van der Waals surface area contributed by atoms with Gasteiger partial charge in [0, 0.05) is 30.1 Å². The molecule has 6 nitrogen and oxygen atoms in total. The highest BCUT2D eigenvalue weighted by molar-refractivity contribution is 9.10. The van der Waals surface area contributed by atoms with E-state index in [4.69, 9.17) is 4.74 Å². The molecule has 1 aromatic carbocycles. The van der Waals surface area contributed by atoms with Crippen LogP contribution in [0.25, 0.3) is 0 Å². The summed E-state index contributed by atoms with van der Waals surface area (Å²) in [5.41, 5.74) is 7.58. The van der Waals surface area contributed by atoms with Gasteiger partial charge < -0.3 is 10.1 Å². The fourth-order valence-corrected chi connectivity index (χ4v) is 3.42. The van der Waals surface area contributed by atoms with Crippen molar-refractivity contribution in [3.8, 4) is 6.07 Å². The van der Waals surface area contributed by atoms with Crippen LogP contribution in [0, 0.1) is 17.2 Å². The SMILES string of the molecule is N#C/C(=C\C1CNNC1c1ccc(Br)cc1)C(=O)NCC1CCCO1. The lowest BCUT2D eigenvalue weighted by Gasteiger charge is -2.16. The van der Waals surface area contributed by atoms with Crippen molar-refractivity contribution >= 4 is 21.8 Å². The fourth-order valence-electron chi connectivity index (χ4n) is 3.15. The minimum Gasteiger partial charge on any atom is -0.376 e. The molecule has 0 bridgehead atoms. The lowest BCUT2D eigenvalue weighted by atomic mass is 9.93. The Labute approximate surface area is 155 Å². The lowest BCUT2D eigenvalue weighted by Crippen LogP contribution is -2.32. The number of hydrazine groups is 1. The number of nitrogens with one attached hydrogen (secondary N) is 3. The van der Waals surface area contributed by atoms with Crippen molar-refractivity contribution in [1.29, 1.82) is 5.26 Å². The average Bonchev–Trinajstić information content (AvgIpc) is 3.30. The molecular weight excluding hydrogens is 384 g/mol. The van der Waals surface area contributed by atoms with Crippen molar-refractivity contribution < 1.29 is 9.53 Å². The highest BCUT2D eigenvalue weighted by Crippen LogP contribution is 2.27. The molecular formula is C18H21BrN4O2. The summed E-state index contributed by atoms with van der Waals surface area (Å²) in [5, 5.41) is 12.2. The van der Waals surface area contributed by atoms with Gasteiger partial charge in [-0.15, -0.1) is 0 Å². The number of rotatable bonds is 5. The molecule has 2 heterocycles. The van der Waals surface area contributed by atoms with Crippen LogP contribution in [0.3, 0.4) is 0 Å². The van der Waals surface area contributed by atoms with Crippen LogP contribution in [0.15, 0.2) is 40.4 Å². The highest BCUT2D eigenvalue weighted by atomic mass is 79.9. The first-order chi connectivity index (χ1) is 12.2. The van der Waals surface area contributed by atoms with Gasteiger partial charge in [0.2, 0.25) is 0 Å². The van der Waals surface area contributed by atoms with Crippen LogP contribution in [0.5, 0.6) is 0 Å². The van der Waals surface area contributed by atoms with Crippen molar-refractivity contribution in [2.75, 3.05) is 19.7 Å². The number of hydrogen-bond acceptors (Lipinski definition) is 5. The second kappa shape index (κ2) is 8.59. The van der Waals surface area contributed by atoms with Gasteiger partial charge in [-0.05, 0) is 30.5 Å². The first-order valence-corrected chi connectivity index (χ1v) is 9.22. The predicted octanol–water partition coefficient (Wildman–Crippen LogP) is 1.96. The smallest absolute Gasteiger partial charge is 0.261 e. The summed E-state index contributed by atoms with van der Waals surface area (Å²) in [4.78, 5) is 12.3. The van der Waals surface area contributed by atoms with E-state index in [2.05, 4.69) is 32.1 Å². The standard InChI is InChI=1S/C18H21BrN4O2/c19-15-5-3-12(4-6-15)17-14(10-22-23-17)8-13(9-20)18(24)21-11-16-2-1-7-25-16/h3-6,8,14,16-17,22-23H,1-2,7,10-11H2,(H,21,24)/b13-8+. The number of ether oxygens (including phenoxy) is 1. The molecule has 25 heavy (non-hydrogen) atoms. The topological polar surface area (TPSA) is 86.2 Å². The monoisotopic (exact) mass is 404 g/mol. The van der Waals surface area contributed by atoms with Crippen LogP contribution in [0.4, 0.5) is 0 Å². The minimum atomic E-state index is -0.334. The minimum absolute atomic E-state index is 0.0161. The van der Waals surface area contributed by atoms with Crippen molar-refractivity contribution in [1.82, 2.24) is 16.2 Å². The van der Waals surface area contributed by atoms with Gasteiger partial charge in [-0.3, -0.25) is 10.2 Å². The first-order valence-electron chi connectivity index (χ1n) is 8.43. The quantitative estimate of drug-likeness (QED) is 0.515. The zero-order valence-electron chi connectivity index (χ0n) is 13.8. The number of nitriles is 1. The molecule has 0 spiro atoms. The van der Waals surface area contributed by atoms with Gasteiger partial charge in [-0.25, -0.2) is 5.43 Å². The summed E-state index contributed by atoms with van der Waals surface area (Å²) in [6.07, 6.45) is 3.79. The molecule has 0 radical (unpaired) electrons. The van der Waals surface area contributed by atoms with Crippen molar-refractivity contribution in [2.24, 2.45) is 5.92 Å². The molecule has 132 valence electrons. The molecule has 1 amide bonds. The van der Waals surface area contributed by atoms with E-state index in [0.717, 1.165) is 29.5 Å². The largest absolute Gasteiger partial charge is 0.376 e. The summed E-state index contributed by atoms with van der Waals surface area (Å²) >= 11 is 3.43. The maximum atomic E-state index is 12.3. The lowest BCUT2D eigenvalue weighted by molar-refractivity contribution is -0.117. The number of hydrogen-bond donors (Lipinski definition) is 3. The molecule has 3 atom stereocenters. The molecule has 3 N–H and O–H groups in total. The van der Waals surface area contributed by atoms with E-state index in [1.807, 2.05) is 30.3 Å². The number of carbonyl (C=O) groups excluding carboxylic acids is 1. The van der Waals surface area contributed by atoms with Crippen molar-refractivity contribution in [2.45, 2.75) is 25.0 Å². The third-order valence-electron chi connectivity index (χ3n) is 4.51. The molecule has 2 aliphatic heterocycles. The van der Waals surface area contributed by atoms with Gasteiger partial charge >= 0.3 is 0 Å². The van der Waals surface area contributed by atoms with Gasteiger partial charge in [-0.1, -0.05) is 34.1 Å². The third kappa shape index (κ3) is 4.67. The molecule has 0 aliphatic carbocycles. The van der Waals surface area contributed by atoms with Crippen molar-refractivity contribution in [3.05, 3.63) is 46.0 Å². The van der Waals surface area contributed by atoms with Crippen LogP contribution in [0.2, 0.25) is 0 Å². The van der Waals surface area contributed by atoms with Crippen LogP contribution in [0.1, 0.15) is 24.4 Å². The van der Waals surface area contributed by atoms with E-state index in [0.29, 0.717) is 13.1 Å². The molecule has 3 rings (SSSR count). The molecule has 0 aromatic heterocycles. The van der Waals surface area contributed by atoms with Gasteiger partial charge in [0.25, 0.3) is 5.91 Å². The van der Waals surface area contributed by atoms with Crippen molar-refractivity contribution in [3.63, 3.8) is 0 Å². The number of carbonyl (C=O) groups is 1. The Hall–Kier alpha value is -1.72. The number of amides is 1. The van der Waals surface area contributed by atoms with Gasteiger partial charge in [-0.2, -0.15) is 5.26 Å². The van der Waals surface area contributed by atoms with E-state index < -0.39 is 0 Å². The Morgan fingerprint density at radius 2 is 2.24 bits per heavy atom. The molecule has 2 saturated heterocycles. The molecule has 7 heteroatoms. The van der Waals surface area contributed by atoms with E-state index >= 15 is 0 Å². The summed E-state index contributed by atoms with van der Waals surface area (Å²) in [6.45, 7) is 1.86. The molecule has 1 aromatic rings. The summed E-state index contributed by atoms with van der Waals surface area (Å²) in [5.74, 6) is -0.316. The first kappa shape index (κ1) is 18.1. The Bertz CT molecular complexity index is 677. The van der Waals surface area contributed by atoms with E-state index in [-0.39, 0.29) is 29.5 Å². The Morgan fingerprint density at radius 3 is 2.92 bits per heavy atom. The van der Waals surface area contributed by atoms with Gasteiger partial charge in [0.1, 0.15) is 11.6 Å². The Balaban J connectivity index is 1.66. The summed E-state index contributed by atoms with van der Waals surface area (Å²) in [6, 6.07) is 10.1. The van der Waals surface area contributed by atoms with Crippen LogP contribution >= 0.6 is 15.9 Å². The van der Waals surface area contributed by atoms with Crippen LogP contribution in [-0.4, -0.2) is 31.7 Å². The molecule has 2 aliphatic rings. The molecule has 3 unspecified atom stereocenters. The maximum Gasteiger partial charge on any atom is 0.261 e. The number of nitrogens with zero attached hydrogens (tertiary/aromatic N) is 1. The predicted molar refractivity (Wildman–Crippen MR) is 97.2 cm³/mol. The second-order valence-corrected chi connectivity index (χ2v) is 7.17. The number of halogens is 1. The second-order valence-electron chi connectivity index (χ2n) is 6.26.